The number of hydrogen-bond donors (Lipinski definition) is 2. The number of anilines is 1. The molecule has 2 aromatic rings. The van der Waals surface area contributed by atoms with Gasteiger partial charge in [0.1, 0.15) is 0 Å². The topological polar surface area (TPSA) is 81.3 Å². The normalized spacial score (nSPS) is 10.0. The molecule has 1 amide bonds. The van der Waals surface area contributed by atoms with E-state index in [2.05, 4.69) is 10.6 Å². The minimum atomic E-state index is -1.36. The van der Waals surface area contributed by atoms with Crippen molar-refractivity contribution in [3.63, 3.8) is 0 Å². The van der Waals surface area contributed by atoms with Crippen molar-refractivity contribution in [1.82, 2.24) is 5.32 Å². The van der Waals surface area contributed by atoms with Crippen molar-refractivity contribution >= 4 is 46.5 Å². The molecule has 118 valence electrons. The monoisotopic (exact) mass is 347 g/mol. The molecule has 2 N–H and O–H groups in total. The first-order valence-corrected chi connectivity index (χ1v) is 7.35. The Bertz CT molecular complexity index is 793. The molecule has 2 aromatic carbocycles. The van der Waals surface area contributed by atoms with Crippen molar-refractivity contribution in [3.05, 3.63) is 64.2 Å². The zero-order chi connectivity index (χ0) is 17.0. The van der Waals surface area contributed by atoms with Gasteiger partial charge in [-0.15, -0.1) is 0 Å². The lowest BCUT2D eigenvalue weighted by Gasteiger charge is -2.12. The number of amides is 1. The van der Waals surface area contributed by atoms with Gasteiger partial charge < -0.3 is 15.2 Å². The van der Waals surface area contributed by atoms with Crippen LogP contribution in [0.5, 0.6) is 0 Å². The van der Waals surface area contributed by atoms with Crippen molar-refractivity contribution in [2.75, 3.05) is 5.32 Å². The predicted octanol–water partition coefficient (Wildman–Crippen LogP) is 2.14. The smallest absolute Gasteiger partial charge is 0.257 e. The number of aromatic carboxylic acids is 1. The molecule has 5 nitrogen and oxygen atoms in total. The van der Waals surface area contributed by atoms with E-state index in [0.29, 0.717) is 11.3 Å². The van der Waals surface area contributed by atoms with E-state index in [0.717, 1.165) is 5.56 Å². The van der Waals surface area contributed by atoms with Gasteiger partial charge in [0.05, 0.1) is 11.0 Å². The van der Waals surface area contributed by atoms with Gasteiger partial charge in [0.2, 0.25) is 0 Å². The molecule has 0 saturated carbocycles. The Balaban J connectivity index is 2.03. The molecule has 0 fully saturated rings. The summed E-state index contributed by atoms with van der Waals surface area (Å²) < 4.78 is 0. The molecule has 0 saturated heterocycles. The first-order valence-electron chi connectivity index (χ1n) is 6.56. The molecule has 0 aliphatic heterocycles. The van der Waals surface area contributed by atoms with E-state index in [1.807, 2.05) is 13.0 Å². The van der Waals surface area contributed by atoms with Crippen molar-refractivity contribution < 1.29 is 14.7 Å². The average molecular weight is 348 g/mol. The third-order valence-corrected chi connectivity index (χ3v) is 3.47. The summed E-state index contributed by atoms with van der Waals surface area (Å²) >= 11 is 10.9. The van der Waals surface area contributed by atoms with Gasteiger partial charge in [0, 0.05) is 16.8 Å². The minimum Gasteiger partial charge on any atom is -0.545 e. The van der Waals surface area contributed by atoms with Crippen LogP contribution in [0, 0.1) is 6.92 Å². The lowest BCUT2D eigenvalue weighted by molar-refractivity contribution is -0.255. The van der Waals surface area contributed by atoms with Crippen LogP contribution >= 0.6 is 23.8 Å². The van der Waals surface area contributed by atoms with Crippen molar-refractivity contribution in [2.24, 2.45) is 0 Å². The number of carboxylic acid groups (broad SMARTS) is 1. The maximum absolute atomic E-state index is 12.1. The van der Waals surface area contributed by atoms with E-state index in [4.69, 9.17) is 23.8 Å². The van der Waals surface area contributed by atoms with Gasteiger partial charge in [0.15, 0.2) is 5.11 Å². The van der Waals surface area contributed by atoms with Crippen molar-refractivity contribution in [2.45, 2.75) is 6.92 Å². The second kappa shape index (κ2) is 7.21. The summed E-state index contributed by atoms with van der Waals surface area (Å²) in [7, 11) is 0. The fourth-order valence-electron chi connectivity index (χ4n) is 1.88. The fourth-order valence-corrected chi connectivity index (χ4v) is 2.35. The summed E-state index contributed by atoms with van der Waals surface area (Å²) in [5.41, 5.74) is 1.78. The molecule has 0 atom stereocenters. The number of hydrogen-bond acceptors (Lipinski definition) is 4. The molecule has 23 heavy (non-hydrogen) atoms. The van der Waals surface area contributed by atoms with Crippen LogP contribution in [-0.2, 0) is 0 Å². The lowest BCUT2D eigenvalue weighted by Crippen LogP contribution is -2.34. The molecular weight excluding hydrogens is 336 g/mol. The highest BCUT2D eigenvalue weighted by Gasteiger charge is 2.09. The number of aryl methyl sites for hydroxylation is 1. The van der Waals surface area contributed by atoms with Crippen LogP contribution in [0.1, 0.15) is 26.3 Å². The van der Waals surface area contributed by atoms with E-state index in [1.54, 1.807) is 18.2 Å². The zero-order valence-corrected chi connectivity index (χ0v) is 13.6. The summed E-state index contributed by atoms with van der Waals surface area (Å²) in [5, 5.41) is 16.2. The molecule has 0 aliphatic rings. The van der Waals surface area contributed by atoms with Crippen LogP contribution < -0.4 is 15.7 Å². The van der Waals surface area contributed by atoms with Crippen LogP contribution in [0.2, 0.25) is 5.02 Å². The third-order valence-electron chi connectivity index (χ3n) is 2.95. The third kappa shape index (κ3) is 4.51. The number of thiocarbonyl (C=S) groups is 1. The number of benzene rings is 2. The molecule has 0 unspecified atom stereocenters. The second-order valence-electron chi connectivity index (χ2n) is 4.76. The van der Waals surface area contributed by atoms with Crippen LogP contribution in [-0.4, -0.2) is 17.0 Å². The Labute approximate surface area is 143 Å². The molecule has 2 rings (SSSR count). The second-order valence-corrected chi connectivity index (χ2v) is 5.58. The van der Waals surface area contributed by atoms with Crippen LogP contribution in [0.3, 0.4) is 0 Å². The van der Waals surface area contributed by atoms with E-state index in [1.165, 1.54) is 18.2 Å². The Morgan fingerprint density at radius 3 is 2.52 bits per heavy atom. The van der Waals surface area contributed by atoms with Crippen LogP contribution in [0.15, 0.2) is 42.5 Å². The first kappa shape index (κ1) is 16.9. The van der Waals surface area contributed by atoms with Gasteiger partial charge in [0.25, 0.3) is 5.91 Å². The summed E-state index contributed by atoms with van der Waals surface area (Å²) in [6.45, 7) is 1.88. The molecule has 0 heterocycles. The summed E-state index contributed by atoms with van der Waals surface area (Å²) in [5.74, 6) is -1.71. The number of nitrogens with one attached hydrogen (secondary N) is 2. The van der Waals surface area contributed by atoms with E-state index >= 15 is 0 Å². The molecule has 0 aliphatic carbocycles. The highest BCUT2D eigenvalue weighted by atomic mass is 35.5. The van der Waals surface area contributed by atoms with Crippen LogP contribution in [0.25, 0.3) is 0 Å². The van der Waals surface area contributed by atoms with Gasteiger partial charge in [-0.3, -0.25) is 10.1 Å². The molecule has 0 bridgehead atoms. The van der Waals surface area contributed by atoms with Gasteiger partial charge in [-0.05, 0) is 49.5 Å². The Morgan fingerprint density at radius 1 is 1.17 bits per heavy atom. The van der Waals surface area contributed by atoms with Crippen molar-refractivity contribution in [1.29, 1.82) is 0 Å². The standard InChI is InChI=1S/C16H13ClN2O3S/c1-9-3-2-4-10(7-9)14(20)19-16(23)18-11-5-6-12(15(21)22)13(17)8-11/h2-8H,1H3,(H,21,22)(H2,18,19,20,23)/p-1. The van der Waals surface area contributed by atoms with Gasteiger partial charge >= 0.3 is 0 Å². The zero-order valence-electron chi connectivity index (χ0n) is 12.1. The molecule has 0 aromatic heterocycles. The molecule has 0 spiro atoms. The SMILES string of the molecule is Cc1cccc(C(=O)NC(=S)Nc2ccc(C(=O)[O-])c(Cl)c2)c1. The minimum absolute atomic E-state index is 0.0165. The maximum atomic E-state index is 12.1. The summed E-state index contributed by atoms with van der Waals surface area (Å²) in [4.78, 5) is 22.8. The largest absolute Gasteiger partial charge is 0.545 e. The fraction of sp³-hybridized carbons (Fsp3) is 0.0625. The first-order chi connectivity index (χ1) is 10.9. The Kier molecular flexibility index (Phi) is 5.31. The summed E-state index contributed by atoms with van der Waals surface area (Å²) in [6.07, 6.45) is 0. The highest BCUT2D eigenvalue weighted by molar-refractivity contribution is 7.80. The van der Waals surface area contributed by atoms with E-state index < -0.39 is 5.97 Å². The Hall–Kier alpha value is -2.44. The van der Waals surface area contributed by atoms with Gasteiger partial charge in [-0.2, -0.15) is 0 Å². The van der Waals surface area contributed by atoms with E-state index in [9.17, 15) is 14.7 Å². The highest BCUT2D eigenvalue weighted by Crippen LogP contribution is 2.20. The van der Waals surface area contributed by atoms with Crippen molar-refractivity contribution in [3.8, 4) is 0 Å². The molecule has 0 radical (unpaired) electrons. The molecule has 7 heteroatoms. The lowest BCUT2D eigenvalue weighted by atomic mass is 10.1. The molecular formula is C16H12ClN2O3S-. The predicted molar refractivity (Wildman–Crippen MR) is 90.6 cm³/mol. The number of carboxylic acids is 1. The number of halogens is 1. The van der Waals surface area contributed by atoms with E-state index in [-0.39, 0.29) is 21.6 Å². The average Bonchev–Trinajstić information content (AvgIpc) is 2.46. The number of carbonyl (C=O) groups excluding carboxylic acids is 2. The maximum Gasteiger partial charge on any atom is 0.257 e. The summed E-state index contributed by atoms with van der Waals surface area (Å²) in [6, 6.07) is 11.2. The number of rotatable bonds is 3. The van der Waals surface area contributed by atoms with Gasteiger partial charge in [-0.1, -0.05) is 29.3 Å². The number of carbonyl (C=O) groups is 2. The van der Waals surface area contributed by atoms with Gasteiger partial charge in [-0.25, -0.2) is 0 Å². The quantitative estimate of drug-likeness (QED) is 0.831. The Morgan fingerprint density at radius 2 is 1.91 bits per heavy atom. The van der Waals surface area contributed by atoms with Crippen LogP contribution in [0.4, 0.5) is 5.69 Å².